The maximum Gasteiger partial charge on any atom is 0.264 e. The number of anilines is 1. The van der Waals surface area contributed by atoms with Crippen molar-refractivity contribution in [2.75, 3.05) is 18.1 Å². The van der Waals surface area contributed by atoms with Gasteiger partial charge in [-0.1, -0.05) is 17.7 Å². The van der Waals surface area contributed by atoms with E-state index in [-0.39, 0.29) is 12.5 Å². The van der Waals surface area contributed by atoms with Crippen LogP contribution in [0.2, 0.25) is 0 Å². The molecule has 4 heteroatoms. The molecule has 116 valence electrons. The molecule has 0 N–H and O–H groups in total. The van der Waals surface area contributed by atoms with Gasteiger partial charge in [-0.05, 0) is 55.7 Å². The molecule has 23 heavy (non-hydrogen) atoms. The van der Waals surface area contributed by atoms with Crippen LogP contribution in [-0.4, -0.2) is 19.1 Å². The number of carbonyl (C=O) groups excluding carboxylic acids is 1. The molecule has 1 heterocycles. The zero-order valence-corrected chi connectivity index (χ0v) is 13.1. The van der Waals surface area contributed by atoms with Crippen molar-refractivity contribution in [3.63, 3.8) is 0 Å². The van der Waals surface area contributed by atoms with Gasteiger partial charge in [0.2, 0.25) is 0 Å². The third kappa shape index (κ3) is 3.35. The average molecular weight is 306 g/mol. The first-order valence-electron chi connectivity index (χ1n) is 7.70. The third-order valence-electron chi connectivity index (χ3n) is 4.00. The second-order valence-corrected chi connectivity index (χ2v) is 5.71. The Morgan fingerprint density at radius 3 is 2.78 bits per heavy atom. The van der Waals surface area contributed by atoms with E-state index in [4.69, 9.17) is 10.00 Å². The Hall–Kier alpha value is -2.80. The largest absolute Gasteiger partial charge is 0.484 e. The normalized spacial score (nSPS) is 13.1. The van der Waals surface area contributed by atoms with Crippen LogP contribution in [0.1, 0.15) is 23.1 Å². The van der Waals surface area contributed by atoms with Crippen LogP contribution in [0.15, 0.2) is 42.5 Å². The Kier molecular flexibility index (Phi) is 4.29. The molecule has 1 aliphatic rings. The lowest BCUT2D eigenvalue weighted by molar-refractivity contribution is -0.120. The molecule has 0 atom stereocenters. The van der Waals surface area contributed by atoms with Crippen LogP contribution in [0.3, 0.4) is 0 Å². The van der Waals surface area contributed by atoms with E-state index in [1.165, 1.54) is 11.1 Å². The van der Waals surface area contributed by atoms with Gasteiger partial charge in [-0.15, -0.1) is 0 Å². The van der Waals surface area contributed by atoms with E-state index in [1.807, 2.05) is 17.0 Å². The number of hydrogen-bond acceptors (Lipinski definition) is 3. The Morgan fingerprint density at radius 2 is 2.04 bits per heavy atom. The molecule has 4 nitrogen and oxygen atoms in total. The van der Waals surface area contributed by atoms with Gasteiger partial charge in [0.1, 0.15) is 5.75 Å². The number of nitriles is 1. The van der Waals surface area contributed by atoms with E-state index < -0.39 is 0 Å². The van der Waals surface area contributed by atoms with Gasteiger partial charge in [0.15, 0.2) is 6.61 Å². The smallest absolute Gasteiger partial charge is 0.264 e. The molecule has 0 aliphatic carbocycles. The minimum Gasteiger partial charge on any atom is -0.484 e. The quantitative estimate of drug-likeness (QED) is 0.875. The highest BCUT2D eigenvalue weighted by molar-refractivity contribution is 5.95. The number of rotatable bonds is 3. The van der Waals surface area contributed by atoms with Crippen LogP contribution in [0.25, 0.3) is 0 Å². The Morgan fingerprint density at radius 1 is 1.26 bits per heavy atom. The number of carbonyl (C=O) groups is 1. The van der Waals surface area contributed by atoms with Gasteiger partial charge >= 0.3 is 0 Å². The zero-order valence-electron chi connectivity index (χ0n) is 13.1. The molecular formula is C19H18N2O2. The van der Waals surface area contributed by atoms with Crippen molar-refractivity contribution in [3.8, 4) is 11.8 Å². The molecule has 0 aromatic heterocycles. The molecular weight excluding hydrogens is 288 g/mol. The second kappa shape index (κ2) is 6.53. The summed E-state index contributed by atoms with van der Waals surface area (Å²) < 4.78 is 5.56. The Balaban J connectivity index is 1.68. The van der Waals surface area contributed by atoms with E-state index in [2.05, 4.69) is 19.1 Å². The van der Waals surface area contributed by atoms with E-state index >= 15 is 0 Å². The summed E-state index contributed by atoms with van der Waals surface area (Å²) in [5.74, 6) is 0.553. The van der Waals surface area contributed by atoms with Crippen molar-refractivity contribution in [1.82, 2.24) is 0 Å². The van der Waals surface area contributed by atoms with E-state index in [0.717, 1.165) is 25.1 Å². The highest BCUT2D eigenvalue weighted by Crippen LogP contribution is 2.28. The molecule has 3 rings (SSSR count). The van der Waals surface area contributed by atoms with Crippen molar-refractivity contribution < 1.29 is 9.53 Å². The van der Waals surface area contributed by atoms with E-state index in [9.17, 15) is 4.79 Å². The number of aryl methyl sites for hydroxylation is 2. The number of amides is 1. The number of hydrogen-bond donors (Lipinski definition) is 0. The lowest BCUT2D eigenvalue weighted by Gasteiger charge is -2.29. The number of benzene rings is 2. The number of nitrogens with zero attached hydrogens (tertiary/aromatic N) is 2. The topological polar surface area (TPSA) is 53.3 Å². The molecule has 0 spiro atoms. The fourth-order valence-electron chi connectivity index (χ4n) is 2.83. The minimum absolute atomic E-state index is 0.000777. The molecule has 0 saturated heterocycles. The van der Waals surface area contributed by atoms with E-state index in [1.54, 1.807) is 24.3 Å². The molecule has 0 fully saturated rings. The van der Waals surface area contributed by atoms with Gasteiger partial charge in [-0.2, -0.15) is 5.26 Å². The summed E-state index contributed by atoms with van der Waals surface area (Å²) in [4.78, 5) is 14.3. The van der Waals surface area contributed by atoms with Crippen LogP contribution < -0.4 is 9.64 Å². The zero-order chi connectivity index (χ0) is 16.2. The summed E-state index contributed by atoms with van der Waals surface area (Å²) in [7, 11) is 0. The van der Waals surface area contributed by atoms with Gasteiger partial charge in [0.25, 0.3) is 5.91 Å². The van der Waals surface area contributed by atoms with Gasteiger partial charge in [-0.25, -0.2) is 0 Å². The highest BCUT2D eigenvalue weighted by Gasteiger charge is 2.22. The van der Waals surface area contributed by atoms with Crippen LogP contribution in [0.4, 0.5) is 5.69 Å². The molecule has 2 aromatic rings. The van der Waals surface area contributed by atoms with Crippen molar-refractivity contribution >= 4 is 11.6 Å². The van der Waals surface area contributed by atoms with Gasteiger partial charge < -0.3 is 9.64 Å². The summed E-state index contributed by atoms with van der Waals surface area (Å²) >= 11 is 0. The average Bonchev–Trinajstić information content (AvgIpc) is 2.59. The number of ether oxygens (including phenoxy) is 1. The van der Waals surface area contributed by atoms with Crippen molar-refractivity contribution in [2.45, 2.75) is 19.8 Å². The predicted molar refractivity (Wildman–Crippen MR) is 88.5 cm³/mol. The third-order valence-corrected chi connectivity index (χ3v) is 4.00. The second-order valence-electron chi connectivity index (χ2n) is 5.71. The summed E-state index contributed by atoms with van der Waals surface area (Å²) in [6, 6.07) is 15.0. The summed E-state index contributed by atoms with van der Waals surface area (Å²) in [5, 5.41) is 8.78. The predicted octanol–water partition coefficient (Wildman–Crippen LogP) is 3.22. The van der Waals surface area contributed by atoms with Gasteiger partial charge in [0.05, 0.1) is 11.6 Å². The molecule has 1 aliphatic heterocycles. The monoisotopic (exact) mass is 306 g/mol. The summed E-state index contributed by atoms with van der Waals surface area (Å²) in [6.45, 7) is 2.79. The highest BCUT2D eigenvalue weighted by atomic mass is 16.5. The van der Waals surface area contributed by atoms with Crippen LogP contribution in [-0.2, 0) is 11.2 Å². The van der Waals surface area contributed by atoms with Gasteiger partial charge in [0, 0.05) is 12.2 Å². The summed E-state index contributed by atoms with van der Waals surface area (Å²) in [6.07, 6.45) is 1.98. The first kappa shape index (κ1) is 15.1. The lowest BCUT2D eigenvalue weighted by Crippen LogP contribution is -2.38. The molecule has 0 saturated carbocycles. The number of fused-ring (bicyclic) bond motifs is 1. The molecule has 2 aromatic carbocycles. The standard InChI is InChI=1S/C19H18N2O2/c1-14-4-9-18-16(11-14)3-2-10-21(18)19(22)13-23-17-7-5-15(12-20)6-8-17/h4-9,11H,2-3,10,13H2,1H3. The molecule has 1 amide bonds. The SMILES string of the molecule is Cc1ccc2c(c1)CCCN2C(=O)COc1ccc(C#N)cc1. The fourth-order valence-corrected chi connectivity index (χ4v) is 2.83. The van der Waals surface area contributed by atoms with Crippen LogP contribution >= 0.6 is 0 Å². The lowest BCUT2D eigenvalue weighted by atomic mass is 9.99. The maximum atomic E-state index is 12.5. The Labute approximate surface area is 135 Å². The van der Waals surface area contributed by atoms with Crippen molar-refractivity contribution in [2.24, 2.45) is 0 Å². The first-order valence-corrected chi connectivity index (χ1v) is 7.70. The van der Waals surface area contributed by atoms with Crippen molar-refractivity contribution in [3.05, 3.63) is 59.2 Å². The molecule has 0 bridgehead atoms. The maximum absolute atomic E-state index is 12.5. The van der Waals surface area contributed by atoms with Crippen molar-refractivity contribution in [1.29, 1.82) is 5.26 Å². The van der Waals surface area contributed by atoms with Gasteiger partial charge in [-0.3, -0.25) is 4.79 Å². The van der Waals surface area contributed by atoms with Crippen LogP contribution in [0, 0.1) is 18.3 Å². The molecule has 0 radical (unpaired) electrons. The van der Waals surface area contributed by atoms with Crippen LogP contribution in [0.5, 0.6) is 5.75 Å². The molecule has 0 unspecified atom stereocenters. The first-order chi connectivity index (χ1) is 11.2. The summed E-state index contributed by atoms with van der Waals surface area (Å²) in [5.41, 5.74) is 4.01. The fraction of sp³-hybridized carbons (Fsp3) is 0.263. The Bertz CT molecular complexity index is 760. The van der Waals surface area contributed by atoms with E-state index in [0.29, 0.717) is 11.3 Å². The minimum atomic E-state index is -0.0424.